The average molecular weight is 659 g/mol. The summed E-state index contributed by atoms with van der Waals surface area (Å²) in [6.07, 6.45) is 1.62. The fraction of sp³-hybridized carbons (Fsp3) is 0.341. The van der Waals surface area contributed by atoms with Gasteiger partial charge in [0.05, 0.1) is 44.9 Å². The molecule has 3 amide bonds. The number of rotatable bonds is 15. The smallest absolute Gasteiger partial charge is 0.261 e. The maximum absolute atomic E-state index is 13.5. The zero-order valence-electron chi connectivity index (χ0n) is 28.7. The van der Waals surface area contributed by atoms with Gasteiger partial charge in [0.25, 0.3) is 11.8 Å². The first-order valence-electron chi connectivity index (χ1n) is 17.4. The van der Waals surface area contributed by atoms with Crippen LogP contribution in [-0.2, 0) is 10.2 Å². The van der Waals surface area contributed by atoms with Crippen molar-refractivity contribution in [2.75, 3.05) is 71.4 Å². The van der Waals surface area contributed by atoms with Crippen molar-refractivity contribution in [3.63, 3.8) is 0 Å². The normalized spacial score (nSPS) is 16.6. The first-order chi connectivity index (χ1) is 23.7. The minimum atomic E-state index is -0.898. The van der Waals surface area contributed by atoms with E-state index in [1.54, 1.807) is 24.3 Å². The summed E-state index contributed by atoms with van der Waals surface area (Å²) in [6, 6.07) is 37.7. The van der Waals surface area contributed by atoms with Crippen molar-refractivity contribution >= 4 is 23.4 Å². The van der Waals surface area contributed by atoms with Crippen LogP contribution in [0.2, 0.25) is 0 Å². The summed E-state index contributed by atoms with van der Waals surface area (Å²) in [5, 5.41) is 0. The number of carbonyl (C=O) groups excluding carboxylic acids is 3. The number of anilines is 1. The average Bonchev–Trinajstić information content (AvgIpc) is 3.69. The van der Waals surface area contributed by atoms with Crippen molar-refractivity contribution in [1.29, 1.82) is 0 Å². The Kier molecular flexibility index (Phi) is 10.3. The molecule has 0 saturated carbocycles. The lowest BCUT2D eigenvalue weighted by Crippen LogP contribution is -2.49. The van der Waals surface area contributed by atoms with Gasteiger partial charge in [-0.1, -0.05) is 91.0 Å². The standard InChI is InChI=1S/C41H47N5O3/c1-46(2,29-14-24-45-38(47)36-21-12-13-22-37(36)39(45)48)30-28-44(35-19-10-5-11-20-35)27-26-43-25-23-34(31-43)41(40(42)49,32-15-6-3-7-16-32)33-17-8-4-9-18-33/h3-13,15-22,34H,14,23-31H2,1-2H3,(H-,42,49)/p+1. The third kappa shape index (κ3) is 7.16. The van der Waals surface area contributed by atoms with E-state index in [9.17, 15) is 14.4 Å². The second-order valence-corrected chi connectivity index (χ2v) is 14.1. The molecular weight excluding hydrogens is 610 g/mol. The van der Waals surface area contributed by atoms with Crippen LogP contribution >= 0.6 is 0 Å². The van der Waals surface area contributed by atoms with Gasteiger partial charge in [0.2, 0.25) is 5.91 Å². The maximum Gasteiger partial charge on any atom is 0.261 e. The molecule has 0 radical (unpaired) electrons. The van der Waals surface area contributed by atoms with Crippen LogP contribution in [0.15, 0.2) is 115 Å². The zero-order valence-corrected chi connectivity index (χ0v) is 28.7. The molecule has 2 aliphatic heterocycles. The Bertz CT molecular complexity index is 1670. The molecule has 1 saturated heterocycles. The molecule has 1 fully saturated rings. The van der Waals surface area contributed by atoms with E-state index >= 15 is 0 Å². The number of imide groups is 1. The minimum Gasteiger partial charge on any atom is -0.369 e. The summed E-state index contributed by atoms with van der Waals surface area (Å²) in [5.74, 6) is -0.625. The third-order valence-corrected chi connectivity index (χ3v) is 10.5. The van der Waals surface area contributed by atoms with Crippen LogP contribution in [0.4, 0.5) is 5.69 Å². The number of likely N-dealkylation sites (tertiary alicyclic amines) is 1. The summed E-state index contributed by atoms with van der Waals surface area (Å²) in [4.78, 5) is 45.5. The molecule has 1 atom stereocenters. The number of nitrogens with two attached hydrogens (primary N) is 1. The number of nitrogens with zero attached hydrogens (tertiary/aromatic N) is 4. The monoisotopic (exact) mass is 658 g/mol. The van der Waals surface area contributed by atoms with E-state index in [1.807, 2.05) is 66.7 Å². The molecule has 2 heterocycles. The van der Waals surface area contributed by atoms with E-state index in [2.05, 4.69) is 48.2 Å². The molecule has 8 nitrogen and oxygen atoms in total. The van der Waals surface area contributed by atoms with Crippen molar-refractivity contribution in [3.8, 4) is 0 Å². The van der Waals surface area contributed by atoms with Crippen LogP contribution in [0.5, 0.6) is 0 Å². The molecule has 0 aliphatic carbocycles. The predicted octanol–water partition coefficient (Wildman–Crippen LogP) is 5.05. The first kappa shape index (κ1) is 34.1. The molecule has 0 aromatic heterocycles. The number of para-hydroxylation sites is 1. The molecule has 8 heteroatoms. The quantitative estimate of drug-likeness (QED) is 0.143. The number of quaternary nitrogens is 1. The molecule has 0 bridgehead atoms. The second kappa shape index (κ2) is 14.8. The largest absolute Gasteiger partial charge is 0.369 e. The Labute approximate surface area is 290 Å². The van der Waals surface area contributed by atoms with Crippen molar-refractivity contribution in [1.82, 2.24) is 9.80 Å². The summed E-state index contributed by atoms with van der Waals surface area (Å²) in [5.41, 5.74) is 9.54. The van der Waals surface area contributed by atoms with Crippen LogP contribution < -0.4 is 10.6 Å². The molecule has 2 aliphatic rings. The topological polar surface area (TPSA) is 87.0 Å². The van der Waals surface area contributed by atoms with Gasteiger partial charge in [0.1, 0.15) is 5.41 Å². The molecule has 6 rings (SSSR count). The first-order valence-corrected chi connectivity index (χ1v) is 17.4. The number of fused-ring (bicyclic) bond motifs is 1. The summed E-state index contributed by atoms with van der Waals surface area (Å²) >= 11 is 0. The predicted molar refractivity (Wildman–Crippen MR) is 194 cm³/mol. The molecular formula is C41H48N5O3+. The second-order valence-electron chi connectivity index (χ2n) is 14.1. The molecule has 254 valence electrons. The van der Waals surface area contributed by atoms with Gasteiger partial charge >= 0.3 is 0 Å². The fourth-order valence-electron chi connectivity index (χ4n) is 7.79. The number of carbonyl (C=O) groups is 3. The number of benzene rings is 4. The lowest BCUT2D eigenvalue weighted by molar-refractivity contribution is -0.889. The highest BCUT2D eigenvalue weighted by molar-refractivity contribution is 6.21. The number of hydrogen-bond acceptors (Lipinski definition) is 5. The Morgan fingerprint density at radius 2 is 1.29 bits per heavy atom. The van der Waals surface area contributed by atoms with Crippen LogP contribution in [-0.4, -0.2) is 98.5 Å². The minimum absolute atomic E-state index is 0.0535. The highest BCUT2D eigenvalue weighted by Gasteiger charge is 2.49. The van der Waals surface area contributed by atoms with E-state index in [4.69, 9.17) is 5.73 Å². The maximum atomic E-state index is 13.5. The molecule has 4 aromatic rings. The zero-order chi connectivity index (χ0) is 34.4. The van der Waals surface area contributed by atoms with Crippen molar-refractivity contribution in [2.24, 2.45) is 11.7 Å². The lowest BCUT2D eigenvalue weighted by Gasteiger charge is -2.38. The number of amides is 3. The summed E-state index contributed by atoms with van der Waals surface area (Å²) < 4.78 is 0.771. The Morgan fingerprint density at radius 1 is 0.755 bits per heavy atom. The third-order valence-electron chi connectivity index (χ3n) is 10.5. The van der Waals surface area contributed by atoms with E-state index in [1.165, 1.54) is 10.6 Å². The van der Waals surface area contributed by atoms with Crippen LogP contribution in [0.3, 0.4) is 0 Å². The van der Waals surface area contributed by atoms with E-state index in [-0.39, 0.29) is 23.6 Å². The molecule has 2 N–H and O–H groups in total. The molecule has 49 heavy (non-hydrogen) atoms. The van der Waals surface area contributed by atoms with Gasteiger partial charge in [-0.05, 0) is 54.3 Å². The number of primary amides is 1. The van der Waals surface area contributed by atoms with Crippen LogP contribution in [0.25, 0.3) is 0 Å². The molecule has 0 spiro atoms. The summed E-state index contributed by atoms with van der Waals surface area (Å²) in [7, 11) is 4.43. The van der Waals surface area contributed by atoms with Gasteiger partial charge < -0.3 is 20.0 Å². The number of likely N-dealkylation sites (N-methyl/N-ethyl adjacent to an activating group) is 1. The lowest BCUT2D eigenvalue weighted by atomic mass is 9.64. The number of hydrogen-bond donors (Lipinski definition) is 1. The van der Waals surface area contributed by atoms with Gasteiger partial charge in [-0.2, -0.15) is 0 Å². The van der Waals surface area contributed by atoms with Crippen molar-refractivity contribution < 1.29 is 18.9 Å². The van der Waals surface area contributed by atoms with Crippen molar-refractivity contribution in [3.05, 3.63) is 138 Å². The van der Waals surface area contributed by atoms with Crippen LogP contribution in [0.1, 0.15) is 44.7 Å². The molecule has 1 unspecified atom stereocenters. The van der Waals surface area contributed by atoms with Crippen molar-refractivity contribution in [2.45, 2.75) is 18.3 Å². The van der Waals surface area contributed by atoms with Gasteiger partial charge in [-0.25, -0.2) is 0 Å². The van der Waals surface area contributed by atoms with E-state index in [0.29, 0.717) is 17.7 Å². The Balaban J connectivity index is 1.09. The van der Waals surface area contributed by atoms with Gasteiger partial charge in [-0.3, -0.25) is 19.3 Å². The van der Waals surface area contributed by atoms with E-state index in [0.717, 1.165) is 74.3 Å². The fourth-order valence-corrected chi connectivity index (χ4v) is 7.79. The highest BCUT2D eigenvalue weighted by Crippen LogP contribution is 2.43. The molecule has 4 aromatic carbocycles. The summed E-state index contributed by atoms with van der Waals surface area (Å²) in [6.45, 7) is 6.45. The highest BCUT2D eigenvalue weighted by atomic mass is 16.2. The Morgan fingerprint density at radius 3 is 1.84 bits per heavy atom. The SMILES string of the molecule is C[N+](C)(CCCN1C(=O)c2ccccc2C1=O)CCN(CCN1CCC(C(C(N)=O)(c2ccccc2)c2ccccc2)C1)c1ccccc1. The Hall–Kier alpha value is -4.79. The van der Waals surface area contributed by atoms with Gasteiger partial charge in [-0.15, -0.1) is 0 Å². The van der Waals surface area contributed by atoms with Gasteiger partial charge in [0.15, 0.2) is 0 Å². The van der Waals surface area contributed by atoms with Gasteiger partial charge in [0, 0.05) is 38.3 Å². The van der Waals surface area contributed by atoms with Crippen LogP contribution in [0, 0.1) is 5.92 Å². The van der Waals surface area contributed by atoms with E-state index < -0.39 is 5.41 Å².